The minimum Gasteiger partial charge on any atom is -0.469 e. The Kier molecular flexibility index (Phi) is 6.80. The van der Waals surface area contributed by atoms with E-state index in [1.165, 1.54) is 26.6 Å². The lowest BCUT2D eigenvalue weighted by atomic mass is 10.1. The van der Waals surface area contributed by atoms with Gasteiger partial charge in [-0.05, 0) is 28.4 Å². The lowest BCUT2D eigenvalue weighted by molar-refractivity contribution is -0.144. The SMILES string of the molecule is COC(=O)CC[C@H](NC(=O)c1cncc(Br)c1)C(=O)OC. The first-order valence-corrected chi connectivity index (χ1v) is 6.83. The number of ether oxygens (including phenoxy) is 2. The molecular formula is C13H15BrN2O5. The highest BCUT2D eigenvalue weighted by Gasteiger charge is 2.23. The fourth-order valence-electron chi connectivity index (χ4n) is 1.53. The molecule has 8 heteroatoms. The summed E-state index contributed by atoms with van der Waals surface area (Å²) >= 11 is 3.20. The predicted molar refractivity (Wildman–Crippen MR) is 76.5 cm³/mol. The standard InChI is InChI=1S/C13H15BrN2O5/c1-20-11(17)4-3-10(13(19)21-2)16-12(18)8-5-9(14)7-15-6-8/h5-7,10H,3-4H2,1-2H3,(H,16,18)/t10-/m0/s1. The highest BCUT2D eigenvalue weighted by atomic mass is 79.9. The lowest BCUT2D eigenvalue weighted by Crippen LogP contribution is -2.41. The van der Waals surface area contributed by atoms with Gasteiger partial charge in [0.2, 0.25) is 0 Å². The van der Waals surface area contributed by atoms with Crippen LogP contribution in [-0.2, 0) is 19.1 Å². The van der Waals surface area contributed by atoms with Crippen molar-refractivity contribution in [2.24, 2.45) is 0 Å². The molecule has 0 aliphatic rings. The Balaban J connectivity index is 2.73. The van der Waals surface area contributed by atoms with Gasteiger partial charge in [0.15, 0.2) is 0 Å². The van der Waals surface area contributed by atoms with Gasteiger partial charge in [0, 0.05) is 23.3 Å². The largest absolute Gasteiger partial charge is 0.469 e. The number of pyridine rings is 1. The number of carbonyl (C=O) groups excluding carboxylic acids is 3. The van der Waals surface area contributed by atoms with Crippen LogP contribution in [0.1, 0.15) is 23.2 Å². The zero-order valence-corrected chi connectivity index (χ0v) is 13.2. The number of nitrogens with zero attached hydrogens (tertiary/aromatic N) is 1. The average Bonchev–Trinajstić information content (AvgIpc) is 2.49. The number of rotatable bonds is 6. The molecular weight excluding hydrogens is 344 g/mol. The third-order valence-electron chi connectivity index (χ3n) is 2.62. The molecule has 0 radical (unpaired) electrons. The molecule has 0 saturated carbocycles. The van der Waals surface area contributed by atoms with Crippen molar-refractivity contribution in [3.05, 3.63) is 28.5 Å². The molecule has 1 N–H and O–H groups in total. The monoisotopic (exact) mass is 358 g/mol. The van der Waals surface area contributed by atoms with E-state index in [2.05, 4.69) is 35.7 Å². The first kappa shape index (κ1) is 17.1. The molecule has 114 valence electrons. The maximum absolute atomic E-state index is 12.0. The molecule has 0 aliphatic carbocycles. The molecule has 1 aromatic rings. The topological polar surface area (TPSA) is 94.6 Å². The third-order valence-corrected chi connectivity index (χ3v) is 3.06. The number of amides is 1. The number of halogens is 1. The number of aromatic nitrogens is 1. The Labute approximate surface area is 130 Å². The molecule has 0 spiro atoms. The highest BCUT2D eigenvalue weighted by Crippen LogP contribution is 2.10. The number of methoxy groups -OCH3 is 2. The fourth-order valence-corrected chi connectivity index (χ4v) is 1.90. The Morgan fingerprint density at radius 3 is 2.57 bits per heavy atom. The summed E-state index contributed by atoms with van der Waals surface area (Å²) in [5, 5.41) is 2.51. The summed E-state index contributed by atoms with van der Waals surface area (Å²) in [5.74, 6) is -1.58. The summed E-state index contributed by atoms with van der Waals surface area (Å²) in [5.41, 5.74) is 0.288. The van der Waals surface area contributed by atoms with Crippen LogP contribution >= 0.6 is 15.9 Å². The van der Waals surface area contributed by atoms with Crippen molar-refractivity contribution in [1.29, 1.82) is 0 Å². The van der Waals surface area contributed by atoms with Gasteiger partial charge in [-0.15, -0.1) is 0 Å². The second-order valence-corrected chi connectivity index (χ2v) is 4.97. The van der Waals surface area contributed by atoms with Crippen LogP contribution in [0.3, 0.4) is 0 Å². The fraction of sp³-hybridized carbons (Fsp3) is 0.385. The molecule has 7 nitrogen and oxygen atoms in total. The maximum atomic E-state index is 12.0. The van der Waals surface area contributed by atoms with Gasteiger partial charge in [0.25, 0.3) is 5.91 Å². The van der Waals surface area contributed by atoms with E-state index < -0.39 is 23.9 Å². The molecule has 0 aliphatic heterocycles. The van der Waals surface area contributed by atoms with Crippen molar-refractivity contribution in [2.45, 2.75) is 18.9 Å². The molecule has 1 aromatic heterocycles. The molecule has 0 bridgehead atoms. The Hall–Kier alpha value is -1.96. The van der Waals surface area contributed by atoms with Crippen LogP contribution in [0.5, 0.6) is 0 Å². The minimum absolute atomic E-state index is 0.00667. The van der Waals surface area contributed by atoms with E-state index in [4.69, 9.17) is 0 Å². The van der Waals surface area contributed by atoms with Gasteiger partial charge in [-0.2, -0.15) is 0 Å². The zero-order chi connectivity index (χ0) is 15.8. The summed E-state index contributed by atoms with van der Waals surface area (Å²) in [6.45, 7) is 0. The van der Waals surface area contributed by atoms with Gasteiger partial charge in [-0.1, -0.05) is 0 Å². The maximum Gasteiger partial charge on any atom is 0.328 e. The molecule has 0 fully saturated rings. The molecule has 21 heavy (non-hydrogen) atoms. The first-order valence-electron chi connectivity index (χ1n) is 6.04. The Bertz CT molecular complexity index is 535. The van der Waals surface area contributed by atoms with Crippen LogP contribution in [0, 0.1) is 0 Å². The number of carbonyl (C=O) groups is 3. The Morgan fingerprint density at radius 2 is 2.00 bits per heavy atom. The van der Waals surface area contributed by atoms with Crippen molar-refractivity contribution in [2.75, 3.05) is 14.2 Å². The van der Waals surface area contributed by atoms with Gasteiger partial charge in [-0.25, -0.2) is 4.79 Å². The summed E-state index contributed by atoms with van der Waals surface area (Å²) in [4.78, 5) is 38.7. The second kappa shape index (κ2) is 8.35. The molecule has 1 amide bonds. The first-order chi connectivity index (χ1) is 9.97. The van der Waals surface area contributed by atoms with Gasteiger partial charge >= 0.3 is 11.9 Å². The molecule has 0 saturated heterocycles. The van der Waals surface area contributed by atoms with E-state index in [0.717, 1.165) is 0 Å². The smallest absolute Gasteiger partial charge is 0.328 e. The van der Waals surface area contributed by atoms with Crippen molar-refractivity contribution < 1.29 is 23.9 Å². The van der Waals surface area contributed by atoms with Crippen LogP contribution in [0.4, 0.5) is 0 Å². The number of hydrogen-bond donors (Lipinski definition) is 1. The third kappa shape index (κ3) is 5.50. The van der Waals surface area contributed by atoms with Gasteiger partial charge in [0.05, 0.1) is 19.8 Å². The normalized spacial score (nSPS) is 11.4. The van der Waals surface area contributed by atoms with E-state index in [1.807, 2.05) is 0 Å². The summed E-state index contributed by atoms with van der Waals surface area (Å²) < 4.78 is 9.75. The number of hydrogen-bond acceptors (Lipinski definition) is 6. The van der Waals surface area contributed by atoms with Gasteiger partial charge in [0.1, 0.15) is 6.04 Å². The average molecular weight is 359 g/mol. The lowest BCUT2D eigenvalue weighted by Gasteiger charge is -2.15. The van der Waals surface area contributed by atoms with Gasteiger partial charge < -0.3 is 14.8 Å². The van der Waals surface area contributed by atoms with E-state index in [9.17, 15) is 14.4 Å². The summed E-state index contributed by atoms with van der Waals surface area (Å²) in [7, 11) is 2.46. The van der Waals surface area contributed by atoms with Crippen molar-refractivity contribution in [1.82, 2.24) is 10.3 Å². The summed E-state index contributed by atoms with van der Waals surface area (Å²) in [6, 6.07) is 0.636. The van der Waals surface area contributed by atoms with Crippen molar-refractivity contribution >= 4 is 33.8 Å². The second-order valence-electron chi connectivity index (χ2n) is 4.06. The molecule has 0 unspecified atom stereocenters. The molecule has 1 rings (SSSR count). The predicted octanol–water partition coefficient (Wildman–Crippen LogP) is 1.07. The van der Waals surface area contributed by atoms with E-state index >= 15 is 0 Å². The minimum atomic E-state index is -0.930. The molecule has 1 heterocycles. The van der Waals surface area contributed by atoms with Crippen LogP contribution in [0.2, 0.25) is 0 Å². The summed E-state index contributed by atoms with van der Waals surface area (Å²) in [6.07, 6.45) is 2.99. The number of esters is 2. The van der Waals surface area contributed by atoms with Crippen molar-refractivity contribution in [3.63, 3.8) is 0 Å². The van der Waals surface area contributed by atoms with Crippen molar-refractivity contribution in [3.8, 4) is 0 Å². The van der Waals surface area contributed by atoms with E-state index in [-0.39, 0.29) is 18.4 Å². The van der Waals surface area contributed by atoms with E-state index in [0.29, 0.717) is 4.47 Å². The van der Waals surface area contributed by atoms with Crippen LogP contribution in [0.15, 0.2) is 22.9 Å². The molecule has 1 atom stereocenters. The quantitative estimate of drug-likeness (QED) is 0.764. The Morgan fingerprint density at radius 1 is 1.29 bits per heavy atom. The van der Waals surface area contributed by atoms with Gasteiger partial charge in [-0.3, -0.25) is 14.6 Å². The van der Waals surface area contributed by atoms with Crippen LogP contribution in [-0.4, -0.2) is 43.1 Å². The molecule has 0 aromatic carbocycles. The van der Waals surface area contributed by atoms with Crippen LogP contribution < -0.4 is 5.32 Å². The highest BCUT2D eigenvalue weighted by molar-refractivity contribution is 9.10. The zero-order valence-electron chi connectivity index (χ0n) is 11.6. The van der Waals surface area contributed by atoms with Crippen LogP contribution in [0.25, 0.3) is 0 Å². The number of nitrogens with one attached hydrogen (secondary N) is 1. The van der Waals surface area contributed by atoms with E-state index in [1.54, 1.807) is 6.07 Å².